The second-order valence-electron chi connectivity index (χ2n) is 6.36. The minimum atomic E-state index is -0.814. The number of alkyl halides is 1. The van der Waals surface area contributed by atoms with Crippen molar-refractivity contribution in [1.29, 1.82) is 0 Å². The molecule has 0 radical (unpaired) electrons. The van der Waals surface area contributed by atoms with Crippen LogP contribution in [0.25, 0.3) is 0 Å². The second-order valence-corrected chi connectivity index (χ2v) is 6.36. The maximum absolute atomic E-state index is 12.3. The molecule has 0 aliphatic carbocycles. The minimum absolute atomic E-state index is 0.164. The van der Waals surface area contributed by atoms with Gasteiger partial charge >= 0.3 is 0 Å². The van der Waals surface area contributed by atoms with E-state index in [-0.39, 0.29) is 6.61 Å². The summed E-state index contributed by atoms with van der Waals surface area (Å²) < 4.78 is 22.6. The van der Waals surface area contributed by atoms with Gasteiger partial charge in [-0.05, 0) is 30.3 Å². The molecule has 0 atom stereocenters. The van der Waals surface area contributed by atoms with Crippen LogP contribution in [0.4, 0.5) is 4.39 Å². The molecule has 0 spiro atoms. The Hall–Kier alpha value is -2.83. The number of nitrogens with zero attached hydrogens (tertiary/aromatic N) is 3. The fourth-order valence-corrected chi connectivity index (χ4v) is 3.03. The van der Waals surface area contributed by atoms with Gasteiger partial charge in [-0.2, -0.15) is 0 Å². The Morgan fingerprint density at radius 2 is 1.61 bits per heavy atom. The molecule has 0 amide bonds. The molecular weight excluding hydrogens is 357 g/mol. The van der Waals surface area contributed by atoms with Gasteiger partial charge in [-0.1, -0.05) is 30.3 Å². The van der Waals surface area contributed by atoms with E-state index in [1.807, 2.05) is 54.6 Å². The van der Waals surface area contributed by atoms with Gasteiger partial charge in [0.1, 0.15) is 5.75 Å². The Morgan fingerprint density at radius 1 is 0.857 bits per heavy atom. The van der Waals surface area contributed by atoms with Gasteiger partial charge in [-0.15, -0.1) is 0 Å². The van der Waals surface area contributed by atoms with Crippen LogP contribution in [0.1, 0.15) is 22.6 Å². The van der Waals surface area contributed by atoms with Crippen molar-refractivity contribution < 1.29 is 13.9 Å². The smallest absolute Gasteiger partial charge is 0.188 e. The van der Waals surface area contributed by atoms with Crippen molar-refractivity contribution in [2.45, 2.75) is 26.2 Å². The lowest BCUT2D eigenvalue weighted by atomic mass is 10.1. The molecule has 2 aromatic heterocycles. The van der Waals surface area contributed by atoms with Gasteiger partial charge in [0.05, 0.1) is 30.8 Å². The number of ether oxygens (including phenoxy) is 2. The maximum Gasteiger partial charge on any atom is 0.188 e. The molecular formula is C22H24FN3O2. The number of hydrogen-bond donors (Lipinski definition) is 0. The Balaban J connectivity index is 1.79. The standard InChI is InChI=1S/C22H24FN3O2/c1-27-22-11-3-2-7-18(22)13-26(14-19-8-4-5-12-24-19)15-20-9-6-10-21(25-20)16-28-17-23/h2-12H,13-17H2,1H3. The highest BCUT2D eigenvalue weighted by Gasteiger charge is 2.13. The molecule has 6 heteroatoms. The topological polar surface area (TPSA) is 47.5 Å². The highest BCUT2D eigenvalue weighted by molar-refractivity contribution is 5.33. The van der Waals surface area contributed by atoms with Crippen molar-refractivity contribution in [3.05, 3.63) is 89.5 Å². The highest BCUT2D eigenvalue weighted by atomic mass is 19.1. The van der Waals surface area contributed by atoms with Gasteiger partial charge in [0.25, 0.3) is 0 Å². The van der Waals surface area contributed by atoms with Crippen LogP contribution in [0, 0.1) is 0 Å². The molecule has 0 unspecified atom stereocenters. The molecule has 0 fully saturated rings. The molecule has 3 rings (SSSR count). The average Bonchev–Trinajstić information content (AvgIpc) is 2.73. The van der Waals surface area contributed by atoms with Crippen LogP contribution < -0.4 is 4.74 Å². The second kappa shape index (κ2) is 10.5. The summed E-state index contributed by atoms with van der Waals surface area (Å²) >= 11 is 0. The normalized spacial score (nSPS) is 11.0. The van der Waals surface area contributed by atoms with Crippen molar-refractivity contribution in [3.8, 4) is 5.75 Å². The van der Waals surface area contributed by atoms with Crippen LogP contribution in [0.15, 0.2) is 66.9 Å². The van der Waals surface area contributed by atoms with Crippen molar-refractivity contribution in [3.63, 3.8) is 0 Å². The van der Waals surface area contributed by atoms with Gasteiger partial charge in [-0.25, -0.2) is 4.39 Å². The average molecular weight is 381 g/mol. The van der Waals surface area contributed by atoms with E-state index >= 15 is 0 Å². The van der Waals surface area contributed by atoms with E-state index in [1.165, 1.54) is 0 Å². The minimum Gasteiger partial charge on any atom is -0.496 e. The Kier molecular flexibility index (Phi) is 7.46. The first-order chi connectivity index (χ1) is 13.8. The Morgan fingerprint density at radius 3 is 2.39 bits per heavy atom. The maximum atomic E-state index is 12.3. The predicted octanol–water partition coefficient (Wildman–Crippen LogP) is 4.13. The van der Waals surface area contributed by atoms with E-state index in [0.29, 0.717) is 25.3 Å². The predicted molar refractivity (Wildman–Crippen MR) is 105 cm³/mol. The van der Waals surface area contributed by atoms with Crippen LogP contribution in [-0.2, 0) is 31.0 Å². The lowest BCUT2D eigenvalue weighted by molar-refractivity contribution is 0.0443. The Labute approximate surface area is 164 Å². The fourth-order valence-electron chi connectivity index (χ4n) is 3.03. The number of benzene rings is 1. The highest BCUT2D eigenvalue weighted by Crippen LogP contribution is 2.21. The summed E-state index contributed by atoms with van der Waals surface area (Å²) in [5.41, 5.74) is 3.68. The summed E-state index contributed by atoms with van der Waals surface area (Å²) in [5, 5.41) is 0. The molecule has 0 bridgehead atoms. The van der Waals surface area contributed by atoms with Crippen LogP contribution in [-0.4, -0.2) is 28.8 Å². The van der Waals surface area contributed by atoms with Crippen molar-refractivity contribution in [2.75, 3.05) is 14.0 Å². The van der Waals surface area contributed by atoms with E-state index in [4.69, 9.17) is 9.47 Å². The van der Waals surface area contributed by atoms with Crippen molar-refractivity contribution in [1.82, 2.24) is 14.9 Å². The zero-order valence-corrected chi connectivity index (χ0v) is 15.9. The fraction of sp³-hybridized carbons (Fsp3) is 0.273. The number of halogens is 1. The third kappa shape index (κ3) is 5.84. The SMILES string of the molecule is COc1ccccc1CN(Cc1ccccn1)Cc1cccc(COCF)n1. The summed E-state index contributed by atoms with van der Waals surface area (Å²) in [5.74, 6) is 0.853. The van der Waals surface area contributed by atoms with E-state index in [0.717, 1.165) is 22.7 Å². The monoisotopic (exact) mass is 381 g/mol. The first kappa shape index (κ1) is 19.9. The summed E-state index contributed by atoms with van der Waals surface area (Å²) in [7, 11) is 1.68. The van der Waals surface area contributed by atoms with Crippen LogP contribution in [0.2, 0.25) is 0 Å². The van der Waals surface area contributed by atoms with E-state index in [9.17, 15) is 4.39 Å². The molecule has 3 aromatic rings. The summed E-state index contributed by atoms with van der Waals surface area (Å²) in [6.07, 6.45) is 1.80. The van der Waals surface area contributed by atoms with E-state index in [2.05, 4.69) is 20.9 Å². The first-order valence-electron chi connectivity index (χ1n) is 9.11. The molecule has 0 aliphatic heterocycles. The number of hydrogen-bond acceptors (Lipinski definition) is 5. The van der Waals surface area contributed by atoms with Gasteiger partial charge in [0.15, 0.2) is 6.86 Å². The number of aromatic nitrogens is 2. The van der Waals surface area contributed by atoms with Gasteiger partial charge in [0.2, 0.25) is 0 Å². The summed E-state index contributed by atoms with van der Waals surface area (Å²) in [6, 6.07) is 19.6. The largest absolute Gasteiger partial charge is 0.496 e. The number of para-hydroxylation sites is 1. The molecule has 0 saturated carbocycles. The first-order valence-corrected chi connectivity index (χ1v) is 9.11. The molecule has 0 saturated heterocycles. The number of rotatable bonds is 10. The third-order valence-corrected chi connectivity index (χ3v) is 4.28. The molecule has 0 aliphatic rings. The van der Waals surface area contributed by atoms with Crippen molar-refractivity contribution in [2.24, 2.45) is 0 Å². The lowest BCUT2D eigenvalue weighted by Crippen LogP contribution is -2.24. The van der Waals surface area contributed by atoms with Crippen LogP contribution in [0.5, 0.6) is 5.75 Å². The number of methoxy groups -OCH3 is 1. The van der Waals surface area contributed by atoms with E-state index in [1.54, 1.807) is 13.3 Å². The quantitative estimate of drug-likeness (QED) is 0.528. The van der Waals surface area contributed by atoms with Gasteiger partial charge in [-0.3, -0.25) is 14.9 Å². The molecule has 0 N–H and O–H groups in total. The zero-order chi connectivity index (χ0) is 19.6. The van der Waals surface area contributed by atoms with Gasteiger partial charge < -0.3 is 9.47 Å². The summed E-state index contributed by atoms with van der Waals surface area (Å²) in [4.78, 5) is 11.3. The molecule has 2 heterocycles. The summed E-state index contributed by atoms with van der Waals surface area (Å²) in [6.45, 7) is 1.33. The third-order valence-electron chi connectivity index (χ3n) is 4.28. The Bertz CT molecular complexity index is 861. The van der Waals surface area contributed by atoms with Gasteiger partial charge in [0, 0.05) is 31.4 Å². The van der Waals surface area contributed by atoms with E-state index < -0.39 is 6.86 Å². The molecule has 1 aromatic carbocycles. The van der Waals surface area contributed by atoms with Crippen LogP contribution >= 0.6 is 0 Å². The van der Waals surface area contributed by atoms with Crippen LogP contribution in [0.3, 0.4) is 0 Å². The zero-order valence-electron chi connectivity index (χ0n) is 15.9. The lowest BCUT2D eigenvalue weighted by Gasteiger charge is -2.23. The number of pyridine rings is 2. The molecule has 28 heavy (non-hydrogen) atoms. The van der Waals surface area contributed by atoms with Crippen molar-refractivity contribution >= 4 is 0 Å². The molecule has 5 nitrogen and oxygen atoms in total. The molecule has 146 valence electrons.